The van der Waals surface area contributed by atoms with Gasteiger partial charge in [-0.05, 0) is 496 Å². The van der Waals surface area contributed by atoms with Crippen molar-refractivity contribution in [2.24, 2.45) is 142 Å². The molecule has 0 radical (unpaired) electrons. The summed E-state index contributed by atoms with van der Waals surface area (Å²) in [5.41, 5.74) is 0. The van der Waals surface area contributed by atoms with Gasteiger partial charge in [0.25, 0.3) is 0 Å². The minimum absolute atomic E-state index is 0.157. The Bertz CT molecular complexity index is 2060. The van der Waals surface area contributed by atoms with E-state index in [0.717, 1.165) is 183 Å². The van der Waals surface area contributed by atoms with Crippen LogP contribution in [0.1, 0.15) is 308 Å². The molecule has 0 aliphatic heterocycles. The molecule has 32 aliphatic carbocycles. The van der Waals surface area contributed by atoms with Gasteiger partial charge >= 0.3 is 27.5 Å². The molecule has 2 N–H and O–H groups in total. The Hall–Kier alpha value is 2.58. The van der Waals surface area contributed by atoms with Crippen molar-refractivity contribution in [1.82, 2.24) is 10.6 Å². The number of hydrogen-bond acceptors (Lipinski definition) is 2. The average Bonchev–Trinajstić information content (AvgIpc) is 0.722. The van der Waals surface area contributed by atoms with Gasteiger partial charge in [0.05, 0.1) is 32.9 Å². The van der Waals surface area contributed by atoms with Gasteiger partial charge in [0.1, 0.15) is 0 Å². The summed E-state index contributed by atoms with van der Waals surface area (Å²) in [6, 6.07) is 0. The normalized spacial score (nSPS) is 58.6. The fourth-order valence-corrected chi connectivity index (χ4v) is 62.8. The molecule has 0 heterocycles. The monoisotopic (exact) mass is 1580 g/mol. The van der Waals surface area contributed by atoms with Gasteiger partial charge in [-0.15, -0.1) is 0 Å². The van der Waals surface area contributed by atoms with Crippen LogP contribution < -0.4 is 10.6 Å². The van der Waals surface area contributed by atoms with Crippen molar-refractivity contribution < 1.29 is 17.9 Å². The maximum atomic E-state index is 4.69. The van der Waals surface area contributed by atoms with Crippen molar-refractivity contribution in [3.63, 3.8) is 0 Å². The van der Waals surface area contributed by atoms with Crippen LogP contribution in [0.2, 0.25) is 0 Å². The molecule has 0 atom stereocenters. The fraction of sp³-hybridized carbons (Fsp3) is 1.00. The van der Waals surface area contributed by atoms with Gasteiger partial charge in [-0.2, -0.15) is 0 Å². The Morgan fingerprint density at radius 2 is 0.354 bits per heavy atom. The molecule has 96 heavy (non-hydrogen) atoms. The van der Waals surface area contributed by atoms with Crippen LogP contribution in [0.4, 0.5) is 0 Å². The Kier molecular flexibility index (Phi) is 16.8. The second-order valence-electron chi connectivity index (χ2n) is 45.6. The summed E-state index contributed by atoms with van der Waals surface area (Å²) < 4.78 is 0. The van der Waals surface area contributed by atoms with Crippen LogP contribution in [-0.4, -0.2) is 92.1 Å². The molecule has 2 nitrogen and oxygen atoms in total. The van der Waals surface area contributed by atoms with Crippen LogP contribution >= 0.6 is 41.3 Å². The van der Waals surface area contributed by atoms with Gasteiger partial charge in [-0.1, -0.05) is 15.8 Å². The molecule has 32 saturated carbocycles. The van der Waals surface area contributed by atoms with Crippen molar-refractivity contribution in [3.8, 4) is 0 Å². The van der Waals surface area contributed by atoms with E-state index in [1.165, 1.54) is 44.1 Å². The van der Waals surface area contributed by atoms with Crippen LogP contribution in [0.15, 0.2) is 0 Å². The summed E-state index contributed by atoms with van der Waals surface area (Å²) in [6.07, 6.45) is 86.8. The zero-order valence-electron chi connectivity index (χ0n) is 61.1. The van der Waals surface area contributed by atoms with E-state index in [1.807, 2.05) is 0 Å². The van der Waals surface area contributed by atoms with Gasteiger partial charge in [-0.3, -0.25) is 0 Å². The average molecular weight is 1580 g/mol. The van der Waals surface area contributed by atoms with Crippen molar-refractivity contribution in [2.45, 2.75) is 349 Å². The number of hydrogen-bond donors (Lipinski definition) is 2. The molecule has 0 unspecified atom stereocenters. The van der Waals surface area contributed by atoms with E-state index in [9.17, 15) is 0 Å². The van der Waals surface area contributed by atoms with E-state index >= 15 is 0 Å². The predicted molar refractivity (Wildman–Crippen MR) is 412 cm³/mol. The third kappa shape index (κ3) is 11.0. The SMILES string of the molecule is C(CP(C12CC3CC(CC(C3)C1)C2)C12CC3CC(CC(C3)C1)C2)NCCP(C12CC3CC(CC(C3)C1)C2)C12CC3CC(CC(C3)C1)C2.C(C[PH+](C12CC3CC(CC(C3)C1)C2)C12CC3CC(CC(C3)C1)C2)NCC[PH+](C12CC3CC(CC(C3)C1)C2)C12CC3CC(CC(C3)C1)C2.[Cl][IrH2]. The van der Waals surface area contributed by atoms with Crippen molar-refractivity contribution in [3.05, 3.63) is 0 Å². The summed E-state index contributed by atoms with van der Waals surface area (Å²) in [5.74, 6) is 27.4. The second kappa shape index (κ2) is 24.5. The van der Waals surface area contributed by atoms with Gasteiger partial charge in [-0.25, -0.2) is 0 Å². The molecule has 0 saturated heterocycles. The first-order chi connectivity index (χ1) is 46.8. The first kappa shape index (κ1) is 65.6. The number of rotatable bonds is 20. The van der Waals surface area contributed by atoms with E-state index < -0.39 is 0 Å². The summed E-state index contributed by atoms with van der Waals surface area (Å²) in [5, 5.41) is 15.6. The molecule has 32 bridgehead atoms. The first-order valence-electron chi connectivity index (χ1n) is 44.7. The topological polar surface area (TPSA) is 24.1 Å². The van der Waals surface area contributed by atoms with Gasteiger partial charge in [0.2, 0.25) is 0 Å². The van der Waals surface area contributed by atoms with Crippen molar-refractivity contribution in [2.75, 3.05) is 50.8 Å². The predicted octanol–water partition coefficient (Wildman–Crippen LogP) is 22.4. The number of halogens is 1. The summed E-state index contributed by atoms with van der Waals surface area (Å²) in [6.45, 7) is 5.66. The molecule has 32 fully saturated rings. The van der Waals surface area contributed by atoms with E-state index in [0.29, 0.717) is 0 Å². The van der Waals surface area contributed by atoms with E-state index in [-0.39, 0.29) is 31.7 Å². The van der Waals surface area contributed by atoms with Gasteiger partial charge < -0.3 is 10.6 Å². The molecular formula is C88H142ClIrN2P4+2. The zero-order valence-corrected chi connectivity index (χ0v) is 68.4. The van der Waals surface area contributed by atoms with Crippen molar-refractivity contribution >= 4 is 41.3 Å². The summed E-state index contributed by atoms with van der Waals surface area (Å²) >= 11 is 1.19. The van der Waals surface area contributed by atoms with Gasteiger partial charge in [0, 0.05) is 28.9 Å². The summed E-state index contributed by atoms with van der Waals surface area (Å²) in [4.78, 5) is 0. The van der Waals surface area contributed by atoms with Crippen LogP contribution in [0.5, 0.6) is 0 Å². The molecule has 0 aromatic heterocycles. The van der Waals surface area contributed by atoms with E-state index in [2.05, 4.69) is 10.6 Å². The molecule has 0 spiro atoms. The molecule has 32 aliphatic rings. The Morgan fingerprint density at radius 1 is 0.219 bits per heavy atom. The fourth-order valence-electron chi connectivity index (χ4n) is 40.7. The van der Waals surface area contributed by atoms with E-state index in [1.54, 1.807) is 333 Å². The maximum absolute atomic E-state index is 4.69. The van der Waals surface area contributed by atoms with Crippen LogP contribution in [-0.2, 0) is 17.9 Å². The summed E-state index contributed by atoms with van der Waals surface area (Å²) in [7, 11) is 4.29. The third-order valence-corrected chi connectivity index (χ3v) is 56.3. The second-order valence-corrected chi connectivity index (χ2v) is 59.2. The van der Waals surface area contributed by atoms with Crippen molar-refractivity contribution in [1.29, 1.82) is 0 Å². The van der Waals surface area contributed by atoms with Crippen LogP contribution in [0.25, 0.3) is 0 Å². The molecule has 0 aromatic rings. The number of nitrogens with one attached hydrogen (secondary N) is 2. The first-order valence-corrected chi connectivity index (χ1v) is 54.5. The van der Waals surface area contributed by atoms with Crippen LogP contribution in [0.3, 0.4) is 0 Å². The molecule has 8 heteroatoms. The van der Waals surface area contributed by atoms with E-state index in [4.69, 9.17) is 9.58 Å². The third-order valence-electron chi connectivity index (χ3n) is 39.2. The van der Waals surface area contributed by atoms with Crippen LogP contribution in [0, 0.1) is 142 Å². The minimum atomic E-state index is -0.360. The Balaban J connectivity index is 0.000000121. The molecule has 0 amide bonds. The molecule has 538 valence electrons. The molecule has 0 aromatic carbocycles. The zero-order chi connectivity index (χ0) is 63.2. The van der Waals surface area contributed by atoms with Gasteiger partial charge in [0.15, 0.2) is 0 Å². The molecule has 32 rings (SSSR count). The Morgan fingerprint density at radius 3 is 0.510 bits per heavy atom. The molecular weight excluding hydrogens is 1440 g/mol. The Labute approximate surface area is 607 Å². The standard InChI is InChI=1S/2C44H69NP2.ClH.Ir.2H/c2*1(3-46(41-17-29-5-30(18-41)7-31(6-29)19-41)42-20-32-8-33(21-42)10-34(9-32)22-42)45-2-4-47(43-23-35-11-36(24-43)13-37(12-35)25-43)44-26-38-14-39(27-44)16-40(15-38)28-44;;;;/h2*29-40,45H,1-28H2;1H;;;/q;;;+1;;/p+1. The quantitative estimate of drug-likeness (QED) is 0.0938.